The van der Waals surface area contributed by atoms with Crippen molar-refractivity contribution in [3.05, 3.63) is 35.4 Å². The molecule has 0 saturated carbocycles. The van der Waals surface area contributed by atoms with Gasteiger partial charge in [0, 0.05) is 11.3 Å². The van der Waals surface area contributed by atoms with Crippen LogP contribution in [0, 0.1) is 0 Å². The fraction of sp³-hybridized carbons (Fsp3) is 0.429. The van der Waals surface area contributed by atoms with E-state index in [1.54, 1.807) is 34.9 Å². The number of rotatable bonds is 6. The van der Waals surface area contributed by atoms with Gasteiger partial charge in [-0.05, 0) is 23.8 Å². The van der Waals surface area contributed by atoms with Crippen LogP contribution in [-0.2, 0) is 6.42 Å². The number of thioether (sulfide) groups is 2. The van der Waals surface area contributed by atoms with Crippen LogP contribution in [-0.4, -0.2) is 21.7 Å². The van der Waals surface area contributed by atoms with Crippen molar-refractivity contribution in [3.8, 4) is 0 Å². The van der Waals surface area contributed by atoms with Gasteiger partial charge in [0.05, 0.1) is 0 Å². The Morgan fingerprint density at radius 3 is 2.40 bits per heavy atom. The van der Waals surface area contributed by atoms with Crippen LogP contribution < -0.4 is 5.73 Å². The lowest BCUT2D eigenvalue weighted by Gasteiger charge is -2.18. The lowest BCUT2D eigenvalue weighted by atomic mass is 10.0. The molecule has 20 heavy (non-hydrogen) atoms. The Kier molecular flexibility index (Phi) is 5.89. The molecule has 0 aliphatic carbocycles. The topological polar surface area (TPSA) is 51.8 Å². The third kappa shape index (κ3) is 3.97. The molecule has 0 spiro atoms. The van der Waals surface area contributed by atoms with E-state index in [1.807, 2.05) is 6.26 Å². The Morgan fingerprint density at radius 1 is 1.20 bits per heavy atom. The first kappa shape index (κ1) is 15.8. The highest BCUT2D eigenvalue weighted by molar-refractivity contribution is 8.03. The summed E-state index contributed by atoms with van der Waals surface area (Å²) in [5.41, 5.74) is 8.87. The third-order valence-corrected chi connectivity index (χ3v) is 6.31. The minimum absolute atomic E-state index is 0.00698. The van der Waals surface area contributed by atoms with Gasteiger partial charge in [-0.1, -0.05) is 73.0 Å². The summed E-state index contributed by atoms with van der Waals surface area (Å²) < 4.78 is 1.99. The second-order valence-electron chi connectivity index (χ2n) is 4.48. The van der Waals surface area contributed by atoms with Gasteiger partial charge >= 0.3 is 0 Å². The molecule has 0 bridgehead atoms. The summed E-state index contributed by atoms with van der Waals surface area (Å²) in [7, 11) is 0. The molecule has 2 N–H and O–H groups in total. The van der Waals surface area contributed by atoms with E-state index >= 15 is 0 Å². The summed E-state index contributed by atoms with van der Waals surface area (Å²) >= 11 is 4.95. The van der Waals surface area contributed by atoms with Gasteiger partial charge in [0.25, 0.3) is 0 Å². The van der Waals surface area contributed by atoms with E-state index in [1.165, 1.54) is 11.1 Å². The highest BCUT2D eigenvalue weighted by Crippen LogP contribution is 2.34. The quantitative estimate of drug-likeness (QED) is 0.813. The maximum absolute atomic E-state index is 6.35. The Morgan fingerprint density at radius 2 is 1.85 bits per heavy atom. The summed E-state index contributed by atoms with van der Waals surface area (Å²) in [6, 6.07) is 8.59. The molecule has 6 heteroatoms. The molecule has 0 saturated heterocycles. The van der Waals surface area contributed by atoms with Gasteiger partial charge < -0.3 is 5.73 Å². The van der Waals surface area contributed by atoms with Crippen molar-refractivity contribution in [2.75, 3.05) is 6.26 Å². The van der Waals surface area contributed by atoms with E-state index in [2.05, 4.69) is 48.3 Å². The molecule has 3 nitrogen and oxygen atoms in total. The zero-order chi connectivity index (χ0) is 14.5. The van der Waals surface area contributed by atoms with E-state index in [-0.39, 0.29) is 11.3 Å². The molecule has 0 aliphatic heterocycles. The molecule has 0 fully saturated rings. The lowest BCUT2D eigenvalue weighted by molar-refractivity contribution is 0.713. The van der Waals surface area contributed by atoms with Gasteiger partial charge in [-0.3, -0.25) is 0 Å². The van der Waals surface area contributed by atoms with Crippen LogP contribution in [0.4, 0.5) is 0 Å². The predicted octanol–water partition coefficient (Wildman–Crippen LogP) is 4.00. The van der Waals surface area contributed by atoms with E-state index in [0.717, 1.165) is 15.1 Å². The van der Waals surface area contributed by atoms with Gasteiger partial charge in [-0.2, -0.15) is 0 Å². The van der Waals surface area contributed by atoms with Crippen LogP contribution in [0.15, 0.2) is 32.9 Å². The van der Waals surface area contributed by atoms with Crippen LogP contribution in [0.2, 0.25) is 0 Å². The molecule has 1 aromatic carbocycles. The van der Waals surface area contributed by atoms with Crippen molar-refractivity contribution < 1.29 is 0 Å². The summed E-state index contributed by atoms with van der Waals surface area (Å²) in [6.07, 6.45) is 3.07. The van der Waals surface area contributed by atoms with E-state index in [0.29, 0.717) is 0 Å². The average molecular weight is 326 g/mol. The normalized spacial score (nSPS) is 14.2. The van der Waals surface area contributed by atoms with Crippen LogP contribution in [0.1, 0.15) is 31.0 Å². The van der Waals surface area contributed by atoms with Crippen molar-refractivity contribution in [2.45, 2.75) is 40.2 Å². The molecular weight excluding hydrogens is 306 g/mol. The molecule has 0 aliphatic rings. The first-order valence-electron chi connectivity index (χ1n) is 6.52. The Hall–Kier alpha value is -0.560. The number of hydrogen-bond donors (Lipinski definition) is 1. The number of benzene rings is 1. The van der Waals surface area contributed by atoms with Gasteiger partial charge in [-0.25, -0.2) is 0 Å². The second-order valence-corrected chi connectivity index (χ2v) is 8.14. The largest absolute Gasteiger partial charge is 0.323 e. The molecule has 1 aromatic heterocycles. The average Bonchev–Trinajstić information content (AvgIpc) is 2.94. The predicted molar refractivity (Wildman–Crippen MR) is 89.8 cm³/mol. The van der Waals surface area contributed by atoms with Gasteiger partial charge in [-0.15, -0.1) is 10.2 Å². The molecular formula is C14H19N3S3. The van der Waals surface area contributed by atoms with Gasteiger partial charge in [0.2, 0.25) is 0 Å². The van der Waals surface area contributed by atoms with Crippen LogP contribution in [0.5, 0.6) is 0 Å². The molecule has 2 rings (SSSR count). The molecule has 0 amide bonds. The molecule has 108 valence electrons. The van der Waals surface area contributed by atoms with Gasteiger partial charge in [0.1, 0.15) is 0 Å². The fourth-order valence-corrected chi connectivity index (χ4v) is 4.56. The fourth-order valence-electron chi connectivity index (χ4n) is 1.81. The minimum atomic E-state index is 0.00698. The van der Waals surface area contributed by atoms with Crippen molar-refractivity contribution in [1.82, 2.24) is 10.2 Å². The van der Waals surface area contributed by atoms with Crippen LogP contribution >= 0.6 is 34.9 Å². The van der Waals surface area contributed by atoms with Crippen molar-refractivity contribution >= 4 is 34.9 Å². The SMILES string of the molecule is CCc1ccc(C(N)C(C)Sc2nnc(SC)s2)cc1. The molecule has 1 heterocycles. The maximum Gasteiger partial charge on any atom is 0.175 e. The summed E-state index contributed by atoms with van der Waals surface area (Å²) in [6.45, 7) is 4.30. The van der Waals surface area contributed by atoms with Crippen molar-refractivity contribution in [3.63, 3.8) is 0 Å². The van der Waals surface area contributed by atoms with E-state index in [4.69, 9.17) is 5.73 Å². The number of hydrogen-bond acceptors (Lipinski definition) is 6. The maximum atomic E-state index is 6.35. The lowest BCUT2D eigenvalue weighted by Crippen LogP contribution is -2.21. The van der Waals surface area contributed by atoms with Crippen LogP contribution in [0.3, 0.4) is 0 Å². The monoisotopic (exact) mass is 325 g/mol. The standard InChI is InChI=1S/C14H19N3S3/c1-4-10-5-7-11(8-6-10)12(15)9(2)19-14-17-16-13(18-3)20-14/h5-9,12H,4,15H2,1-3H3. The van der Waals surface area contributed by atoms with Gasteiger partial charge in [0.15, 0.2) is 8.68 Å². The Balaban J connectivity index is 2.01. The van der Waals surface area contributed by atoms with Crippen molar-refractivity contribution in [2.24, 2.45) is 5.73 Å². The summed E-state index contributed by atoms with van der Waals surface area (Å²) in [4.78, 5) is 0. The summed E-state index contributed by atoms with van der Waals surface area (Å²) in [5, 5.41) is 8.57. The number of aryl methyl sites for hydroxylation is 1. The number of aromatic nitrogens is 2. The Labute approximate surface area is 132 Å². The number of nitrogens with two attached hydrogens (primary N) is 1. The van der Waals surface area contributed by atoms with E-state index in [9.17, 15) is 0 Å². The highest BCUT2D eigenvalue weighted by atomic mass is 32.2. The van der Waals surface area contributed by atoms with Crippen LogP contribution in [0.25, 0.3) is 0 Å². The Bertz CT molecular complexity index is 539. The smallest absolute Gasteiger partial charge is 0.175 e. The summed E-state index contributed by atoms with van der Waals surface area (Å²) in [5.74, 6) is 0. The zero-order valence-corrected chi connectivity index (χ0v) is 14.3. The van der Waals surface area contributed by atoms with Crippen molar-refractivity contribution in [1.29, 1.82) is 0 Å². The first-order chi connectivity index (χ1) is 9.63. The second kappa shape index (κ2) is 7.45. The minimum Gasteiger partial charge on any atom is -0.323 e. The molecule has 2 aromatic rings. The third-order valence-electron chi connectivity index (χ3n) is 3.13. The highest BCUT2D eigenvalue weighted by Gasteiger charge is 2.18. The zero-order valence-electron chi connectivity index (χ0n) is 11.9. The first-order valence-corrected chi connectivity index (χ1v) is 9.44. The molecule has 2 atom stereocenters. The number of nitrogens with zero attached hydrogens (tertiary/aromatic N) is 2. The van der Waals surface area contributed by atoms with E-state index < -0.39 is 0 Å². The molecule has 0 radical (unpaired) electrons. The molecule has 2 unspecified atom stereocenters.